The average Bonchev–Trinajstić information content (AvgIpc) is 2.67. The van der Waals surface area contributed by atoms with Crippen molar-refractivity contribution in [1.29, 1.82) is 0 Å². The molecule has 0 atom stereocenters. The second-order valence-electron chi connectivity index (χ2n) is 8.30. The van der Waals surface area contributed by atoms with Crippen molar-refractivity contribution in [3.63, 3.8) is 0 Å². The lowest BCUT2D eigenvalue weighted by Gasteiger charge is -2.35. The highest BCUT2D eigenvalue weighted by atomic mass is 19.1. The van der Waals surface area contributed by atoms with Crippen molar-refractivity contribution in [2.24, 2.45) is 0 Å². The number of amides is 1. The zero-order valence-electron chi connectivity index (χ0n) is 16.5. The van der Waals surface area contributed by atoms with E-state index < -0.39 is 0 Å². The summed E-state index contributed by atoms with van der Waals surface area (Å²) in [4.78, 5) is 17.0. The van der Waals surface area contributed by atoms with E-state index in [2.05, 4.69) is 37.8 Å². The van der Waals surface area contributed by atoms with Crippen LogP contribution in [0.15, 0.2) is 48.5 Å². The van der Waals surface area contributed by atoms with Crippen molar-refractivity contribution < 1.29 is 9.18 Å². The quantitative estimate of drug-likeness (QED) is 0.810. The molecule has 0 saturated carbocycles. The maximum absolute atomic E-state index is 13.7. The number of carbonyl (C=O) groups is 1. The normalized spacial score (nSPS) is 15.8. The minimum absolute atomic E-state index is 0.0887. The van der Waals surface area contributed by atoms with Crippen LogP contribution in [0.2, 0.25) is 0 Å². The Hall–Kier alpha value is -2.20. The maximum atomic E-state index is 13.7. The van der Waals surface area contributed by atoms with Gasteiger partial charge in [0.2, 0.25) is 0 Å². The first-order chi connectivity index (χ1) is 12.8. The van der Waals surface area contributed by atoms with Gasteiger partial charge in [0.1, 0.15) is 5.82 Å². The van der Waals surface area contributed by atoms with Crippen LogP contribution in [0.5, 0.6) is 0 Å². The van der Waals surface area contributed by atoms with Crippen LogP contribution in [-0.2, 0) is 11.8 Å². The molecule has 0 N–H and O–H groups in total. The molecule has 0 aromatic heterocycles. The molecule has 1 aliphatic rings. The first-order valence-corrected chi connectivity index (χ1v) is 9.70. The Kier molecular flexibility index (Phi) is 5.95. The fraction of sp³-hybridized carbons (Fsp3) is 0.435. The molecule has 3 nitrogen and oxygen atoms in total. The van der Waals surface area contributed by atoms with Crippen molar-refractivity contribution in [1.82, 2.24) is 9.80 Å². The van der Waals surface area contributed by atoms with E-state index in [1.54, 1.807) is 6.07 Å². The maximum Gasteiger partial charge on any atom is 0.253 e. The summed E-state index contributed by atoms with van der Waals surface area (Å²) in [6, 6.07) is 14.9. The highest BCUT2D eigenvalue weighted by Gasteiger charge is 2.22. The van der Waals surface area contributed by atoms with Crippen molar-refractivity contribution in [2.45, 2.75) is 32.6 Å². The fourth-order valence-electron chi connectivity index (χ4n) is 3.45. The highest BCUT2D eigenvalue weighted by Crippen LogP contribution is 2.22. The molecule has 1 saturated heterocycles. The van der Waals surface area contributed by atoms with Crippen LogP contribution < -0.4 is 0 Å². The molecule has 1 heterocycles. The van der Waals surface area contributed by atoms with Crippen molar-refractivity contribution in [3.05, 3.63) is 71.0 Å². The minimum Gasteiger partial charge on any atom is -0.336 e. The van der Waals surface area contributed by atoms with Crippen LogP contribution in [0.4, 0.5) is 4.39 Å². The second kappa shape index (κ2) is 8.22. The van der Waals surface area contributed by atoms with Gasteiger partial charge in [0.05, 0.1) is 0 Å². The first kappa shape index (κ1) is 19.6. The Morgan fingerprint density at radius 2 is 1.59 bits per heavy atom. The minimum atomic E-state index is -0.134. The van der Waals surface area contributed by atoms with E-state index in [4.69, 9.17) is 0 Å². The smallest absolute Gasteiger partial charge is 0.253 e. The number of nitrogens with zero attached hydrogens (tertiary/aromatic N) is 2. The van der Waals surface area contributed by atoms with Crippen LogP contribution in [-0.4, -0.2) is 48.4 Å². The van der Waals surface area contributed by atoms with Gasteiger partial charge in [0.25, 0.3) is 5.91 Å². The molecule has 0 spiro atoms. The number of rotatable bonds is 4. The molecule has 4 heteroatoms. The molecular formula is C23H29FN2O. The highest BCUT2D eigenvalue weighted by molar-refractivity contribution is 5.94. The number of piperazine rings is 1. The van der Waals surface area contributed by atoms with Crippen LogP contribution in [0.1, 0.15) is 42.3 Å². The number of hydrogen-bond acceptors (Lipinski definition) is 2. The first-order valence-electron chi connectivity index (χ1n) is 9.70. The average molecular weight is 368 g/mol. The Labute approximate surface area is 161 Å². The van der Waals surface area contributed by atoms with Gasteiger partial charge in [0, 0.05) is 38.3 Å². The SMILES string of the molecule is CC(C)(C)c1ccc(C(=O)N2CCN(CCc3ccccc3F)CC2)cc1. The number of hydrogen-bond donors (Lipinski definition) is 0. The molecule has 0 radical (unpaired) electrons. The zero-order valence-corrected chi connectivity index (χ0v) is 16.5. The van der Waals surface area contributed by atoms with Gasteiger partial charge in [-0.25, -0.2) is 4.39 Å². The lowest BCUT2D eigenvalue weighted by Crippen LogP contribution is -2.49. The lowest BCUT2D eigenvalue weighted by atomic mass is 9.86. The van der Waals surface area contributed by atoms with Gasteiger partial charge >= 0.3 is 0 Å². The molecule has 0 aliphatic carbocycles. The number of halogens is 1. The molecule has 0 bridgehead atoms. The van der Waals surface area contributed by atoms with Crippen LogP contribution >= 0.6 is 0 Å². The molecule has 2 aromatic rings. The van der Waals surface area contributed by atoms with E-state index in [1.807, 2.05) is 29.2 Å². The summed E-state index contributed by atoms with van der Waals surface area (Å²) < 4.78 is 13.7. The number of benzene rings is 2. The molecule has 1 amide bonds. The van der Waals surface area contributed by atoms with Crippen LogP contribution in [0, 0.1) is 5.82 Å². The van der Waals surface area contributed by atoms with E-state index in [1.165, 1.54) is 11.6 Å². The van der Waals surface area contributed by atoms with Gasteiger partial charge in [0.15, 0.2) is 0 Å². The predicted molar refractivity (Wildman–Crippen MR) is 108 cm³/mol. The molecule has 1 fully saturated rings. The molecule has 0 unspecified atom stereocenters. The van der Waals surface area contributed by atoms with E-state index in [-0.39, 0.29) is 17.1 Å². The Balaban J connectivity index is 1.51. The van der Waals surface area contributed by atoms with E-state index in [0.29, 0.717) is 6.42 Å². The van der Waals surface area contributed by atoms with Crippen molar-refractivity contribution in [2.75, 3.05) is 32.7 Å². The molecule has 144 valence electrons. The third-order valence-electron chi connectivity index (χ3n) is 5.31. The number of carbonyl (C=O) groups excluding carboxylic acids is 1. The molecule has 3 rings (SSSR count). The molecule has 27 heavy (non-hydrogen) atoms. The van der Waals surface area contributed by atoms with Gasteiger partial charge in [-0.1, -0.05) is 51.1 Å². The monoisotopic (exact) mass is 368 g/mol. The predicted octanol–water partition coefficient (Wildman–Crippen LogP) is 4.12. The molecular weight excluding hydrogens is 339 g/mol. The zero-order chi connectivity index (χ0) is 19.4. The lowest BCUT2D eigenvalue weighted by molar-refractivity contribution is 0.0638. The van der Waals surface area contributed by atoms with Crippen LogP contribution in [0.3, 0.4) is 0 Å². The summed E-state index contributed by atoms with van der Waals surface area (Å²) in [6.07, 6.45) is 0.703. The van der Waals surface area contributed by atoms with Gasteiger partial charge in [-0.2, -0.15) is 0 Å². The van der Waals surface area contributed by atoms with Crippen molar-refractivity contribution >= 4 is 5.91 Å². The molecule has 1 aliphatic heterocycles. The Morgan fingerprint density at radius 1 is 0.963 bits per heavy atom. The fourth-order valence-corrected chi connectivity index (χ4v) is 3.45. The van der Waals surface area contributed by atoms with Gasteiger partial charge in [-0.05, 0) is 41.2 Å². The van der Waals surface area contributed by atoms with E-state index >= 15 is 0 Å². The summed E-state index contributed by atoms with van der Waals surface area (Å²) in [5, 5.41) is 0. The third-order valence-corrected chi connectivity index (χ3v) is 5.31. The Morgan fingerprint density at radius 3 is 2.19 bits per heavy atom. The van der Waals surface area contributed by atoms with Crippen LogP contribution in [0.25, 0.3) is 0 Å². The largest absolute Gasteiger partial charge is 0.336 e. The summed E-state index contributed by atoms with van der Waals surface area (Å²) in [5.41, 5.74) is 2.83. The molecule has 2 aromatic carbocycles. The van der Waals surface area contributed by atoms with Gasteiger partial charge < -0.3 is 4.90 Å². The standard InChI is InChI=1S/C23H29FN2O/c1-23(2,3)20-10-8-19(9-11-20)22(27)26-16-14-25(15-17-26)13-12-18-6-4-5-7-21(18)24/h4-11H,12-17H2,1-3H3. The summed E-state index contributed by atoms with van der Waals surface area (Å²) in [5.74, 6) is -0.0331. The Bertz CT molecular complexity index is 772. The van der Waals surface area contributed by atoms with Crippen molar-refractivity contribution in [3.8, 4) is 0 Å². The topological polar surface area (TPSA) is 23.6 Å². The van der Waals surface area contributed by atoms with Gasteiger partial charge in [-0.15, -0.1) is 0 Å². The van der Waals surface area contributed by atoms with Gasteiger partial charge in [-0.3, -0.25) is 9.69 Å². The third kappa shape index (κ3) is 4.95. The van der Waals surface area contributed by atoms with E-state index in [0.717, 1.165) is 43.9 Å². The summed E-state index contributed by atoms with van der Waals surface area (Å²) in [7, 11) is 0. The summed E-state index contributed by atoms with van der Waals surface area (Å²) in [6.45, 7) is 10.4. The van der Waals surface area contributed by atoms with E-state index in [9.17, 15) is 9.18 Å². The summed E-state index contributed by atoms with van der Waals surface area (Å²) >= 11 is 0. The second-order valence-corrected chi connectivity index (χ2v) is 8.30.